The van der Waals surface area contributed by atoms with Crippen LogP contribution in [0, 0.1) is 0 Å². The third kappa shape index (κ3) is 2.82. The second-order valence-electron chi connectivity index (χ2n) is 5.98. The summed E-state index contributed by atoms with van der Waals surface area (Å²) in [6.45, 7) is 0. The molecule has 0 atom stereocenters. The number of carbonyl (C=O) groups is 2. The molecule has 4 aromatic rings. The lowest BCUT2D eigenvalue weighted by molar-refractivity contribution is 0.0586. The quantitative estimate of drug-likeness (QED) is 0.345. The summed E-state index contributed by atoms with van der Waals surface area (Å²) in [7, 11) is 2.54. The van der Waals surface area contributed by atoms with E-state index in [0.29, 0.717) is 37.2 Å². The average Bonchev–Trinajstić information content (AvgIpc) is 2.71. The van der Waals surface area contributed by atoms with E-state index in [-0.39, 0.29) is 11.4 Å². The number of aromatic nitrogens is 2. The predicted molar refractivity (Wildman–Crippen MR) is 107 cm³/mol. The van der Waals surface area contributed by atoms with E-state index in [0.717, 1.165) is 5.39 Å². The zero-order valence-corrected chi connectivity index (χ0v) is 16.3. The number of benzene rings is 2. The highest BCUT2D eigenvalue weighted by atomic mass is 35.5. The lowest BCUT2D eigenvalue weighted by Crippen LogP contribution is -2.06. The molecule has 0 N–H and O–H groups in total. The number of carbonyl (C=O) groups excluding carboxylic acids is 2. The second-order valence-corrected chi connectivity index (χ2v) is 6.80. The molecule has 2 aromatic carbocycles. The number of fused-ring (bicyclic) bond motifs is 5. The number of esters is 2. The minimum Gasteiger partial charge on any atom is -0.464 e. The molecule has 4 rings (SSSR count). The van der Waals surface area contributed by atoms with Crippen LogP contribution >= 0.6 is 23.2 Å². The van der Waals surface area contributed by atoms with Crippen LogP contribution in [0.15, 0.2) is 36.4 Å². The van der Waals surface area contributed by atoms with Gasteiger partial charge in [-0.15, -0.1) is 0 Å². The minimum atomic E-state index is -0.609. The first-order valence-electron chi connectivity index (χ1n) is 8.13. The fourth-order valence-corrected chi connectivity index (χ4v) is 3.63. The van der Waals surface area contributed by atoms with Crippen LogP contribution in [0.1, 0.15) is 21.0 Å². The van der Waals surface area contributed by atoms with Gasteiger partial charge in [0.1, 0.15) is 0 Å². The molecule has 0 fully saturated rings. The van der Waals surface area contributed by atoms with Crippen molar-refractivity contribution in [2.24, 2.45) is 0 Å². The molecule has 140 valence electrons. The Kier molecular flexibility index (Phi) is 4.53. The maximum atomic E-state index is 12.0. The fourth-order valence-electron chi connectivity index (χ4n) is 3.12. The molecule has 2 aromatic heterocycles. The van der Waals surface area contributed by atoms with Gasteiger partial charge in [-0.25, -0.2) is 19.6 Å². The Balaban J connectivity index is 2.21. The summed E-state index contributed by atoms with van der Waals surface area (Å²) in [6.07, 6.45) is 0. The molecule has 0 aliphatic rings. The van der Waals surface area contributed by atoms with E-state index in [4.69, 9.17) is 32.7 Å². The van der Waals surface area contributed by atoms with E-state index in [9.17, 15) is 9.59 Å². The third-order valence-corrected chi connectivity index (χ3v) is 5.05. The molecular formula is C20H12Cl2N2O4. The van der Waals surface area contributed by atoms with Gasteiger partial charge in [-0.1, -0.05) is 47.5 Å². The van der Waals surface area contributed by atoms with Crippen molar-refractivity contribution < 1.29 is 19.1 Å². The molecule has 6 nitrogen and oxygen atoms in total. The highest BCUT2D eigenvalue weighted by Crippen LogP contribution is 2.36. The summed E-state index contributed by atoms with van der Waals surface area (Å²) in [5, 5.41) is 3.39. The van der Waals surface area contributed by atoms with Crippen LogP contribution < -0.4 is 0 Å². The van der Waals surface area contributed by atoms with Gasteiger partial charge in [0, 0.05) is 16.2 Å². The van der Waals surface area contributed by atoms with E-state index in [1.54, 1.807) is 0 Å². The first kappa shape index (κ1) is 18.4. The molecular weight excluding hydrogens is 403 g/mol. The SMILES string of the molecule is COC(=O)c1cc(Cl)c2ccc3ccc4c(Cl)cc(C(=O)OC)nc4c3c2n1. The molecule has 0 bridgehead atoms. The molecule has 28 heavy (non-hydrogen) atoms. The van der Waals surface area contributed by atoms with Crippen LogP contribution in [0.3, 0.4) is 0 Å². The van der Waals surface area contributed by atoms with Gasteiger partial charge in [0.05, 0.1) is 35.3 Å². The molecule has 2 heterocycles. The van der Waals surface area contributed by atoms with Gasteiger partial charge in [0.15, 0.2) is 11.4 Å². The number of ether oxygens (including phenoxy) is 2. The molecule has 0 saturated heterocycles. The van der Waals surface area contributed by atoms with Gasteiger partial charge in [-0.3, -0.25) is 0 Å². The molecule has 8 heteroatoms. The topological polar surface area (TPSA) is 78.4 Å². The number of pyridine rings is 2. The monoisotopic (exact) mass is 414 g/mol. The fraction of sp³-hybridized carbons (Fsp3) is 0.100. The molecule has 0 aliphatic carbocycles. The number of hydrogen-bond donors (Lipinski definition) is 0. The van der Waals surface area contributed by atoms with Gasteiger partial charge in [0.2, 0.25) is 0 Å². The number of nitrogens with zero attached hydrogens (tertiary/aromatic N) is 2. The Morgan fingerprint density at radius 1 is 0.786 bits per heavy atom. The standard InChI is InChI=1S/C20H12Cl2N2O4/c1-27-19(25)14-7-12(21)10-5-3-9-4-6-11-13(22)8-15(20(26)28-2)24-18(11)16(9)17(10)23-14/h3-8H,1-2H3. The van der Waals surface area contributed by atoms with Crippen molar-refractivity contribution in [3.63, 3.8) is 0 Å². The summed E-state index contributed by atoms with van der Waals surface area (Å²) in [4.78, 5) is 32.9. The summed E-state index contributed by atoms with van der Waals surface area (Å²) in [5.41, 5.74) is 1.06. The van der Waals surface area contributed by atoms with E-state index < -0.39 is 11.9 Å². The smallest absolute Gasteiger partial charge is 0.356 e. The van der Waals surface area contributed by atoms with Crippen molar-refractivity contribution >= 4 is 67.7 Å². The van der Waals surface area contributed by atoms with Gasteiger partial charge in [-0.2, -0.15) is 0 Å². The van der Waals surface area contributed by atoms with E-state index in [1.165, 1.54) is 26.4 Å². The van der Waals surface area contributed by atoms with E-state index >= 15 is 0 Å². The van der Waals surface area contributed by atoms with E-state index in [1.807, 2.05) is 24.3 Å². The largest absolute Gasteiger partial charge is 0.464 e. The highest BCUT2D eigenvalue weighted by Gasteiger charge is 2.18. The predicted octanol–water partition coefficient (Wildman–Crippen LogP) is 4.82. The van der Waals surface area contributed by atoms with Gasteiger partial charge in [-0.05, 0) is 17.5 Å². The van der Waals surface area contributed by atoms with Crippen molar-refractivity contribution in [3.8, 4) is 0 Å². The maximum Gasteiger partial charge on any atom is 0.356 e. The number of halogens is 2. The first-order chi connectivity index (χ1) is 13.4. The van der Waals surface area contributed by atoms with Crippen LogP contribution in [0.4, 0.5) is 0 Å². The summed E-state index contributed by atoms with van der Waals surface area (Å²) < 4.78 is 9.53. The normalized spacial score (nSPS) is 11.1. The maximum absolute atomic E-state index is 12.0. The third-order valence-electron chi connectivity index (χ3n) is 4.43. The molecule has 0 amide bonds. The number of hydrogen-bond acceptors (Lipinski definition) is 6. The molecule has 0 radical (unpaired) electrons. The van der Waals surface area contributed by atoms with Crippen molar-refractivity contribution in [3.05, 3.63) is 57.8 Å². The van der Waals surface area contributed by atoms with Crippen LogP contribution in [0.5, 0.6) is 0 Å². The zero-order chi connectivity index (χ0) is 20.0. The summed E-state index contributed by atoms with van der Waals surface area (Å²) in [5.74, 6) is -1.22. The van der Waals surface area contributed by atoms with Gasteiger partial charge >= 0.3 is 11.9 Å². The Morgan fingerprint density at radius 3 is 1.61 bits per heavy atom. The lowest BCUT2D eigenvalue weighted by Gasteiger charge is -2.11. The van der Waals surface area contributed by atoms with Crippen LogP contribution in [-0.2, 0) is 9.47 Å². The molecule has 0 saturated carbocycles. The zero-order valence-electron chi connectivity index (χ0n) is 14.7. The van der Waals surface area contributed by atoms with Crippen LogP contribution in [-0.4, -0.2) is 36.1 Å². The van der Waals surface area contributed by atoms with E-state index in [2.05, 4.69) is 9.97 Å². The van der Waals surface area contributed by atoms with Gasteiger partial charge < -0.3 is 9.47 Å². The average molecular weight is 415 g/mol. The number of rotatable bonds is 2. The Labute approximate surface area is 169 Å². The summed E-state index contributed by atoms with van der Waals surface area (Å²) in [6, 6.07) is 10.3. The van der Waals surface area contributed by atoms with Crippen molar-refractivity contribution in [2.75, 3.05) is 14.2 Å². The molecule has 0 aliphatic heterocycles. The molecule has 0 spiro atoms. The minimum absolute atomic E-state index is 0.0692. The second kappa shape index (κ2) is 6.89. The van der Waals surface area contributed by atoms with Gasteiger partial charge in [0.25, 0.3) is 0 Å². The highest BCUT2D eigenvalue weighted by molar-refractivity contribution is 6.39. The lowest BCUT2D eigenvalue weighted by atomic mass is 10.0. The summed E-state index contributed by atoms with van der Waals surface area (Å²) >= 11 is 12.8. The van der Waals surface area contributed by atoms with Crippen molar-refractivity contribution in [1.82, 2.24) is 9.97 Å². The number of methoxy groups -OCH3 is 2. The Bertz CT molecular complexity index is 1210. The van der Waals surface area contributed by atoms with Crippen molar-refractivity contribution in [1.29, 1.82) is 0 Å². The first-order valence-corrected chi connectivity index (χ1v) is 8.89. The van der Waals surface area contributed by atoms with Crippen LogP contribution in [0.2, 0.25) is 10.0 Å². The van der Waals surface area contributed by atoms with Crippen molar-refractivity contribution in [2.45, 2.75) is 0 Å². The van der Waals surface area contributed by atoms with Crippen LogP contribution in [0.25, 0.3) is 32.6 Å². The Morgan fingerprint density at radius 2 is 1.21 bits per heavy atom. The molecule has 0 unspecified atom stereocenters. The Hall–Kier alpha value is -2.96.